The van der Waals surface area contributed by atoms with Crippen LogP contribution in [0.1, 0.15) is 43.7 Å². The number of carboxylic acid groups (broad SMARTS) is 1. The molecule has 0 aliphatic heterocycles. The summed E-state index contributed by atoms with van der Waals surface area (Å²) >= 11 is 0. The fraction of sp³-hybridized carbons (Fsp3) is 0.423. The van der Waals surface area contributed by atoms with Crippen molar-refractivity contribution in [1.29, 1.82) is 0 Å². The maximum Gasteiger partial charge on any atom is 0.408 e. The van der Waals surface area contributed by atoms with Gasteiger partial charge in [0.25, 0.3) is 0 Å². The summed E-state index contributed by atoms with van der Waals surface area (Å²) in [6, 6.07) is 16.2. The third kappa shape index (κ3) is 4.45. The van der Waals surface area contributed by atoms with Crippen LogP contribution in [0.15, 0.2) is 48.5 Å². The number of nitrogens with zero attached hydrogens (tertiary/aromatic N) is 1. The number of carbonyl (C=O) groups is 3. The van der Waals surface area contributed by atoms with Crippen LogP contribution in [0.3, 0.4) is 0 Å². The van der Waals surface area contributed by atoms with Crippen molar-refractivity contribution in [3.05, 3.63) is 59.7 Å². The normalized spacial score (nSPS) is 17.3. The Morgan fingerprint density at radius 1 is 1.09 bits per heavy atom. The number of ether oxygens (including phenoxy) is 1. The molecule has 174 valence electrons. The first kappa shape index (κ1) is 22.8. The Morgan fingerprint density at radius 3 is 2.15 bits per heavy atom. The molecule has 33 heavy (non-hydrogen) atoms. The van der Waals surface area contributed by atoms with Crippen molar-refractivity contribution in [2.75, 3.05) is 20.2 Å². The van der Waals surface area contributed by atoms with Crippen LogP contribution in [0.25, 0.3) is 11.1 Å². The van der Waals surface area contributed by atoms with Gasteiger partial charge < -0.3 is 20.1 Å². The quantitative estimate of drug-likeness (QED) is 0.637. The van der Waals surface area contributed by atoms with Gasteiger partial charge in [-0.25, -0.2) is 4.79 Å². The van der Waals surface area contributed by atoms with Crippen molar-refractivity contribution in [2.24, 2.45) is 11.8 Å². The molecule has 2 aliphatic rings. The van der Waals surface area contributed by atoms with Gasteiger partial charge in [-0.1, -0.05) is 55.5 Å². The molecular formula is C26H30N2O5. The van der Waals surface area contributed by atoms with Crippen molar-refractivity contribution in [1.82, 2.24) is 10.2 Å². The molecule has 1 saturated carbocycles. The minimum absolute atomic E-state index is 0.00747. The molecule has 7 nitrogen and oxygen atoms in total. The van der Waals surface area contributed by atoms with E-state index in [9.17, 15) is 14.4 Å². The number of carbonyl (C=O) groups excluding carboxylic acids is 2. The van der Waals surface area contributed by atoms with E-state index < -0.39 is 23.5 Å². The Labute approximate surface area is 193 Å². The summed E-state index contributed by atoms with van der Waals surface area (Å²) in [6.07, 6.45) is 1.02. The Balaban J connectivity index is 1.44. The predicted molar refractivity (Wildman–Crippen MR) is 124 cm³/mol. The van der Waals surface area contributed by atoms with Gasteiger partial charge in [0.15, 0.2) is 0 Å². The Kier molecular flexibility index (Phi) is 6.15. The molecule has 2 atom stereocenters. The van der Waals surface area contributed by atoms with E-state index in [4.69, 9.17) is 9.84 Å². The van der Waals surface area contributed by atoms with Gasteiger partial charge in [-0.3, -0.25) is 9.59 Å². The smallest absolute Gasteiger partial charge is 0.408 e. The highest BCUT2D eigenvalue weighted by molar-refractivity contribution is 5.90. The van der Waals surface area contributed by atoms with Crippen LogP contribution < -0.4 is 5.32 Å². The van der Waals surface area contributed by atoms with Crippen molar-refractivity contribution in [3.8, 4) is 11.1 Å². The molecule has 2 N–H and O–H groups in total. The first-order chi connectivity index (χ1) is 15.7. The van der Waals surface area contributed by atoms with Gasteiger partial charge in [-0.2, -0.15) is 0 Å². The van der Waals surface area contributed by atoms with E-state index in [0.29, 0.717) is 0 Å². The molecule has 0 heterocycles. The number of amides is 2. The third-order valence-electron chi connectivity index (χ3n) is 6.86. The number of benzene rings is 2. The predicted octanol–water partition coefficient (Wildman–Crippen LogP) is 3.87. The Hall–Kier alpha value is -3.35. The molecule has 2 unspecified atom stereocenters. The number of alkyl carbamates (subject to hydrolysis) is 1. The summed E-state index contributed by atoms with van der Waals surface area (Å²) < 4.78 is 5.65. The fourth-order valence-corrected chi connectivity index (χ4v) is 4.81. The lowest BCUT2D eigenvalue weighted by atomic mass is 9.93. The summed E-state index contributed by atoms with van der Waals surface area (Å²) in [5.41, 5.74) is 3.41. The Bertz CT molecular complexity index is 1030. The number of carboxylic acids is 1. The Morgan fingerprint density at radius 2 is 1.64 bits per heavy atom. The second-order valence-electron chi connectivity index (χ2n) is 9.35. The van der Waals surface area contributed by atoms with Crippen LogP contribution in [-0.4, -0.2) is 53.7 Å². The molecule has 4 rings (SSSR count). The lowest BCUT2D eigenvalue weighted by Crippen LogP contribution is -2.59. The van der Waals surface area contributed by atoms with E-state index in [1.165, 1.54) is 4.90 Å². The van der Waals surface area contributed by atoms with Crippen LogP contribution in [0.2, 0.25) is 0 Å². The van der Waals surface area contributed by atoms with E-state index in [1.807, 2.05) is 24.3 Å². The number of nitrogens with one attached hydrogen (secondary N) is 1. The van der Waals surface area contributed by atoms with Gasteiger partial charge in [-0.05, 0) is 47.9 Å². The molecule has 1 fully saturated rings. The van der Waals surface area contributed by atoms with Gasteiger partial charge in [-0.15, -0.1) is 0 Å². The third-order valence-corrected chi connectivity index (χ3v) is 6.86. The molecule has 2 aromatic rings. The number of rotatable bonds is 8. The van der Waals surface area contributed by atoms with E-state index in [2.05, 4.69) is 29.6 Å². The van der Waals surface area contributed by atoms with Gasteiger partial charge in [0.05, 0.1) is 5.92 Å². The highest BCUT2D eigenvalue weighted by Gasteiger charge is 2.50. The van der Waals surface area contributed by atoms with Gasteiger partial charge in [0.2, 0.25) is 5.91 Å². The lowest BCUT2D eigenvalue weighted by molar-refractivity contribution is -0.144. The topological polar surface area (TPSA) is 95.9 Å². The van der Waals surface area contributed by atoms with Crippen molar-refractivity contribution < 1.29 is 24.2 Å². The largest absolute Gasteiger partial charge is 0.481 e. The summed E-state index contributed by atoms with van der Waals surface area (Å²) in [6.45, 7) is 3.50. The average Bonchev–Trinajstić information content (AvgIpc) is 3.61. The van der Waals surface area contributed by atoms with Crippen LogP contribution in [-0.2, 0) is 14.3 Å². The number of fused-ring (bicyclic) bond motifs is 3. The monoisotopic (exact) mass is 450 g/mol. The summed E-state index contributed by atoms with van der Waals surface area (Å²) in [7, 11) is 1.57. The van der Waals surface area contributed by atoms with Crippen LogP contribution in [0.5, 0.6) is 0 Å². The van der Waals surface area contributed by atoms with E-state index in [-0.39, 0.29) is 30.9 Å². The molecule has 2 aliphatic carbocycles. The highest BCUT2D eigenvalue weighted by atomic mass is 16.5. The molecule has 0 saturated heterocycles. The second kappa shape index (κ2) is 8.89. The van der Waals surface area contributed by atoms with Gasteiger partial charge in [0.1, 0.15) is 12.1 Å². The van der Waals surface area contributed by atoms with E-state index >= 15 is 0 Å². The molecular weight excluding hydrogens is 420 g/mol. The molecule has 0 radical (unpaired) electrons. The standard InChI is InChI=1S/C26H30N2O5/c1-16(23(29)30)14-28(3)24(31)26(2,17-12-13-17)27-25(32)33-15-22-20-10-6-4-8-18(20)19-9-5-7-11-21(19)22/h4-11,16-17,22H,12-15H2,1-3H3,(H,27,32)(H,29,30). The van der Waals surface area contributed by atoms with Crippen LogP contribution >= 0.6 is 0 Å². The summed E-state index contributed by atoms with van der Waals surface area (Å²) in [5.74, 6) is -2.02. The van der Waals surface area contributed by atoms with Gasteiger partial charge >= 0.3 is 12.1 Å². The highest BCUT2D eigenvalue weighted by Crippen LogP contribution is 2.45. The first-order valence-electron chi connectivity index (χ1n) is 11.3. The zero-order valence-corrected chi connectivity index (χ0v) is 19.2. The zero-order valence-electron chi connectivity index (χ0n) is 19.2. The van der Waals surface area contributed by atoms with Crippen molar-refractivity contribution >= 4 is 18.0 Å². The summed E-state index contributed by atoms with van der Waals surface area (Å²) in [4.78, 5) is 38.6. The molecule has 0 bridgehead atoms. The maximum absolute atomic E-state index is 13.2. The average molecular weight is 451 g/mol. The lowest BCUT2D eigenvalue weighted by Gasteiger charge is -2.34. The first-order valence-corrected chi connectivity index (χ1v) is 11.3. The fourth-order valence-electron chi connectivity index (χ4n) is 4.81. The molecule has 0 aromatic heterocycles. The number of likely N-dealkylation sites (N-methyl/N-ethyl adjacent to an activating group) is 1. The molecule has 2 amide bonds. The van der Waals surface area contributed by atoms with Crippen molar-refractivity contribution in [2.45, 2.75) is 38.1 Å². The number of hydrogen-bond acceptors (Lipinski definition) is 4. The zero-order chi connectivity index (χ0) is 23.8. The maximum atomic E-state index is 13.2. The van der Waals surface area contributed by atoms with E-state index in [1.54, 1.807) is 20.9 Å². The second-order valence-corrected chi connectivity index (χ2v) is 9.35. The number of hydrogen-bond donors (Lipinski definition) is 2. The molecule has 0 spiro atoms. The summed E-state index contributed by atoms with van der Waals surface area (Å²) in [5, 5.41) is 12.0. The van der Waals surface area contributed by atoms with Crippen LogP contribution in [0.4, 0.5) is 4.79 Å². The van der Waals surface area contributed by atoms with E-state index in [0.717, 1.165) is 35.1 Å². The minimum atomic E-state index is -1.13. The number of aliphatic carboxylic acids is 1. The molecule has 7 heteroatoms. The molecule has 2 aromatic carbocycles. The minimum Gasteiger partial charge on any atom is -0.481 e. The van der Waals surface area contributed by atoms with Crippen LogP contribution in [0, 0.1) is 11.8 Å². The van der Waals surface area contributed by atoms with Gasteiger partial charge in [0, 0.05) is 19.5 Å². The van der Waals surface area contributed by atoms with Crippen molar-refractivity contribution in [3.63, 3.8) is 0 Å². The SMILES string of the molecule is CC(CN(C)C(=O)C(C)(NC(=O)OCC1c2ccccc2-c2ccccc21)C1CC1)C(=O)O.